The van der Waals surface area contributed by atoms with Gasteiger partial charge in [-0.05, 0) is 38.2 Å². The van der Waals surface area contributed by atoms with Crippen molar-refractivity contribution in [2.45, 2.75) is 32.6 Å². The summed E-state index contributed by atoms with van der Waals surface area (Å²) >= 11 is 0. The van der Waals surface area contributed by atoms with Crippen LogP contribution >= 0.6 is 0 Å². The van der Waals surface area contributed by atoms with Crippen LogP contribution in [0.1, 0.15) is 31.7 Å². The number of nitrogens with one attached hydrogen (secondary N) is 2. The lowest BCUT2D eigenvalue weighted by Gasteiger charge is -2.12. The molecule has 25 heavy (non-hydrogen) atoms. The predicted molar refractivity (Wildman–Crippen MR) is 99.9 cm³/mol. The van der Waals surface area contributed by atoms with Crippen molar-refractivity contribution in [2.75, 3.05) is 46.1 Å². The van der Waals surface area contributed by atoms with E-state index in [0.29, 0.717) is 5.92 Å². The molecule has 1 aromatic rings. The quantitative estimate of drug-likeness (QED) is 0.358. The molecule has 1 aromatic heterocycles. The van der Waals surface area contributed by atoms with Gasteiger partial charge in [-0.3, -0.25) is 9.67 Å². The van der Waals surface area contributed by atoms with Gasteiger partial charge in [-0.25, -0.2) is 0 Å². The molecule has 1 unspecified atom stereocenters. The zero-order valence-electron chi connectivity index (χ0n) is 15.7. The van der Waals surface area contributed by atoms with E-state index in [-0.39, 0.29) is 0 Å². The summed E-state index contributed by atoms with van der Waals surface area (Å²) in [5.74, 6) is 1.48. The molecule has 1 aliphatic rings. The smallest absolute Gasteiger partial charge is 0.191 e. The Morgan fingerprint density at radius 1 is 1.44 bits per heavy atom. The first-order valence-corrected chi connectivity index (χ1v) is 9.43. The molecular weight excluding hydrogens is 318 g/mol. The van der Waals surface area contributed by atoms with Gasteiger partial charge in [0.1, 0.15) is 0 Å². The SMILES string of the molecule is CCNC(=NCCCc1cnn(C)c1)NCCCOCC1CCOC1. The third kappa shape index (κ3) is 8.36. The number of rotatable bonds is 11. The Bertz CT molecular complexity index is 497. The molecule has 0 saturated carbocycles. The number of aryl methyl sites for hydroxylation is 2. The van der Waals surface area contributed by atoms with Crippen LogP contribution in [-0.2, 0) is 22.9 Å². The Labute approximate surface area is 151 Å². The molecule has 0 bridgehead atoms. The lowest BCUT2D eigenvalue weighted by Crippen LogP contribution is -2.38. The van der Waals surface area contributed by atoms with Crippen molar-refractivity contribution >= 4 is 5.96 Å². The monoisotopic (exact) mass is 351 g/mol. The van der Waals surface area contributed by atoms with Crippen LogP contribution in [0.3, 0.4) is 0 Å². The Hall–Kier alpha value is -1.60. The zero-order valence-corrected chi connectivity index (χ0v) is 15.7. The second kappa shape index (κ2) is 11.9. The molecule has 2 rings (SSSR count). The summed E-state index contributed by atoms with van der Waals surface area (Å²) in [4.78, 5) is 4.63. The number of hydrogen-bond acceptors (Lipinski definition) is 4. The standard InChI is InChI=1S/C18H33N5O2/c1-3-19-18(20-8-4-6-16-12-22-23(2)13-16)21-9-5-10-24-14-17-7-11-25-15-17/h12-13,17H,3-11,14-15H2,1-2H3,(H2,19,20,21). The van der Waals surface area contributed by atoms with Crippen LogP contribution in [0.2, 0.25) is 0 Å². The van der Waals surface area contributed by atoms with Crippen molar-refractivity contribution in [2.24, 2.45) is 18.0 Å². The van der Waals surface area contributed by atoms with Gasteiger partial charge in [-0.1, -0.05) is 0 Å². The number of nitrogens with zero attached hydrogens (tertiary/aromatic N) is 3. The Balaban J connectivity index is 1.53. The fourth-order valence-corrected chi connectivity index (χ4v) is 2.76. The van der Waals surface area contributed by atoms with Gasteiger partial charge < -0.3 is 20.1 Å². The average Bonchev–Trinajstić information content (AvgIpc) is 3.26. The van der Waals surface area contributed by atoms with Crippen LogP contribution in [0.4, 0.5) is 0 Å². The summed E-state index contributed by atoms with van der Waals surface area (Å²) in [6.07, 6.45) is 8.13. The zero-order chi connectivity index (χ0) is 17.7. The van der Waals surface area contributed by atoms with Crippen molar-refractivity contribution in [3.05, 3.63) is 18.0 Å². The summed E-state index contributed by atoms with van der Waals surface area (Å²) in [5, 5.41) is 10.8. The lowest BCUT2D eigenvalue weighted by molar-refractivity contribution is 0.0888. The maximum absolute atomic E-state index is 5.72. The molecule has 1 fully saturated rings. The molecule has 0 aromatic carbocycles. The fourth-order valence-electron chi connectivity index (χ4n) is 2.76. The van der Waals surface area contributed by atoms with Gasteiger partial charge in [0, 0.05) is 52.0 Å². The van der Waals surface area contributed by atoms with Crippen LogP contribution in [0, 0.1) is 5.92 Å². The molecule has 7 nitrogen and oxygen atoms in total. The highest BCUT2D eigenvalue weighted by Gasteiger charge is 2.15. The molecule has 2 N–H and O–H groups in total. The van der Waals surface area contributed by atoms with E-state index < -0.39 is 0 Å². The van der Waals surface area contributed by atoms with Gasteiger partial charge in [-0.15, -0.1) is 0 Å². The van der Waals surface area contributed by atoms with Crippen LogP contribution in [0.5, 0.6) is 0 Å². The predicted octanol–water partition coefficient (Wildman–Crippen LogP) is 1.35. The summed E-state index contributed by atoms with van der Waals surface area (Å²) in [6, 6.07) is 0. The van der Waals surface area contributed by atoms with Crippen molar-refractivity contribution < 1.29 is 9.47 Å². The van der Waals surface area contributed by atoms with E-state index >= 15 is 0 Å². The van der Waals surface area contributed by atoms with Crippen LogP contribution in [0.15, 0.2) is 17.4 Å². The van der Waals surface area contributed by atoms with Gasteiger partial charge in [0.05, 0.1) is 19.4 Å². The van der Waals surface area contributed by atoms with Gasteiger partial charge >= 0.3 is 0 Å². The molecule has 0 spiro atoms. The van der Waals surface area contributed by atoms with E-state index in [0.717, 1.165) is 77.7 Å². The first-order chi connectivity index (χ1) is 12.3. The minimum Gasteiger partial charge on any atom is -0.381 e. The van der Waals surface area contributed by atoms with Crippen LogP contribution < -0.4 is 10.6 Å². The summed E-state index contributed by atoms with van der Waals surface area (Å²) in [5.41, 5.74) is 1.26. The third-order valence-corrected chi connectivity index (χ3v) is 4.13. The van der Waals surface area contributed by atoms with Crippen LogP contribution in [0.25, 0.3) is 0 Å². The number of guanidine groups is 1. The first kappa shape index (κ1) is 19.7. The molecule has 2 heterocycles. The van der Waals surface area contributed by atoms with E-state index in [1.807, 2.05) is 17.9 Å². The highest BCUT2D eigenvalue weighted by molar-refractivity contribution is 5.79. The van der Waals surface area contributed by atoms with E-state index in [1.165, 1.54) is 5.56 Å². The number of ether oxygens (including phenoxy) is 2. The summed E-state index contributed by atoms with van der Waals surface area (Å²) in [6.45, 7) is 7.98. The Morgan fingerprint density at radius 2 is 2.36 bits per heavy atom. The first-order valence-electron chi connectivity index (χ1n) is 9.43. The minimum absolute atomic E-state index is 0.589. The van der Waals surface area contributed by atoms with Crippen molar-refractivity contribution in [1.29, 1.82) is 0 Å². The molecule has 142 valence electrons. The Morgan fingerprint density at radius 3 is 3.08 bits per heavy atom. The van der Waals surface area contributed by atoms with Crippen LogP contribution in [-0.4, -0.2) is 61.8 Å². The minimum atomic E-state index is 0.589. The van der Waals surface area contributed by atoms with Crippen molar-refractivity contribution in [1.82, 2.24) is 20.4 Å². The highest BCUT2D eigenvalue weighted by atomic mass is 16.5. The highest BCUT2D eigenvalue weighted by Crippen LogP contribution is 2.12. The van der Waals surface area contributed by atoms with E-state index in [2.05, 4.69) is 33.8 Å². The number of hydrogen-bond donors (Lipinski definition) is 2. The van der Waals surface area contributed by atoms with E-state index in [4.69, 9.17) is 9.47 Å². The molecule has 7 heteroatoms. The normalized spacial score (nSPS) is 17.8. The average molecular weight is 351 g/mol. The van der Waals surface area contributed by atoms with Gasteiger partial charge in [0.15, 0.2) is 5.96 Å². The molecular formula is C18H33N5O2. The molecule has 0 radical (unpaired) electrons. The maximum atomic E-state index is 5.72. The van der Waals surface area contributed by atoms with E-state index in [9.17, 15) is 0 Å². The fraction of sp³-hybridized carbons (Fsp3) is 0.778. The summed E-state index contributed by atoms with van der Waals surface area (Å²) in [7, 11) is 1.94. The molecule has 1 aliphatic heterocycles. The van der Waals surface area contributed by atoms with Crippen molar-refractivity contribution in [3.8, 4) is 0 Å². The van der Waals surface area contributed by atoms with E-state index in [1.54, 1.807) is 0 Å². The molecule has 1 atom stereocenters. The largest absolute Gasteiger partial charge is 0.381 e. The number of aliphatic imine (C=N–C) groups is 1. The number of aromatic nitrogens is 2. The summed E-state index contributed by atoms with van der Waals surface area (Å²) < 4.78 is 12.9. The van der Waals surface area contributed by atoms with Gasteiger partial charge in [0.2, 0.25) is 0 Å². The van der Waals surface area contributed by atoms with Crippen molar-refractivity contribution in [3.63, 3.8) is 0 Å². The molecule has 1 saturated heterocycles. The second-order valence-corrected chi connectivity index (χ2v) is 6.47. The molecule has 0 aliphatic carbocycles. The lowest BCUT2D eigenvalue weighted by atomic mass is 10.1. The Kier molecular flexibility index (Phi) is 9.36. The maximum Gasteiger partial charge on any atom is 0.191 e. The third-order valence-electron chi connectivity index (χ3n) is 4.13. The molecule has 0 amide bonds. The second-order valence-electron chi connectivity index (χ2n) is 6.47. The topological polar surface area (TPSA) is 72.7 Å². The van der Waals surface area contributed by atoms with Gasteiger partial charge in [0.25, 0.3) is 0 Å². The van der Waals surface area contributed by atoms with Gasteiger partial charge in [-0.2, -0.15) is 5.10 Å².